The van der Waals surface area contributed by atoms with E-state index in [2.05, 4.69) is 4.98 Å². The molecule has 1 heterocycles. The molecule has 1 N–H and O–H groups in total. The second kappa shape index (κ2) is 4.23. The number of aromatic nitrogens is 1. The molecule has 0 saturated heterocycles. The number of aromatic amines is 1. The molecule has 0 saturated carbocycles. The zero-order valence-electron chi connectivity index (χ0n) is 9.28. The second-order valence-corrected chi connectivity index (χ2v) is 3.64. The van der Waals surface area contributed by atoms with Gasteiger partial charge in [0.15, 0.2) is 5.43 Å². The topological polar surface area (TPSA) is 42.1 Å². The number of hydrogen-bond acceptors (Lipinski definition) is 2. The van der Waals surface area contributed by atoms with Gasteiger partial charge in [0.2, 0.25) is 0 Å². The van der Waals surface area contributed by atoms with Crippen molar-refractivity contribution < 1.29 is 4.74 Å². The van der Waals surface area contributed by atoms with Crippen molar-refractivity contribution in [3.8, 4) is 17.0 Å². The molecule has 3 heteroatoms. The molecule has 1 aromatic heterocycles. The third-order valence-electron chi connectivity index (χ3n) is 2.42. The highest BCUT2D eigenvalue weighted by molar-refractivity contribution is 5.67. The predicted molar refractivity (Wildman–Crippen MR) is 63.8 cm³/mol. The number of methoxy groups -OCH3 is 1. The Morgan fingerprint density at radius 2 is 2.00 bits per heavy atom. The smallest absolute Gasteiger partial charge is 0.182 e. The molecule has 0 fully saturated rings. The summed E-state index contributed by atoms with van der Waals surface area (Å²) in [5.41, 5.74) is 2.78. The van der Waals surface area contributed by atoms with E-state index < -0.39 is 0 Å². The third kappa shape index (κ3) is 1.98. The van der Waals surface area contributed by atoms with Crippen molar-refractivity contribution in [1.82, 2.24) is 4.98 Å². The van der Waals surface area contributed by atoms with Crippen molar-refractivity contribution in [2.24, 2.45) is 0 Å². The van der Waals surface area contributed by atoms with Crippen molar-refractivity contribution in [2.75, 3.05) is 7.11 Å². The van der Waals surface area contributed by atoms with Crippen molar-refractivity contribution in [3.05, 3.63) is 52.3 Å². The van der Waals surface area contributed by atoms with Gasteiger partial charge in [0.1, 0.15) is 5.75 Å². The minimum absolute atomic E-state index is 0.0164. The van der Waals surface area contributed by atoms with Crippen LogP contribution in [0.15, 0.2) is 41.3 Å². The lowest BCUT2D eigenvalue weighted by molar-refractivity contribution is 0.416. The van der Waals surface area contributed by atoms with E-state index in [0.29, 0.717) is 0 Å². The van der Waals surface area contributed by atoms with E-state index in [1.165, 1.54) is 6.07 Å². The van der Waals surface area contributed by atoms with Gasteiger partial charge in [-0.05, 0) is 19.1 Å². The summed E-state index contributed by atoms with van der Waals surface area (Å²) in [5.74, 6) is 0.757. The zero-order valence-corrected chi connectivity index (χ0v) is 9.28. The molecule has 2 rings (SSSR count). The van der Waals surface area contributed by atoms with Gasteiger partial charge in [-0.25, -0.2) is 0 Å². The van der Waals surface area contributed by atoms with Crippen LogP contribution in [0.2, 0.25) is 0 Å². The summed E-state index contributed by atoms with van der Waals surface area (Å²) < 4.78 is 5.27. The number of ether oxygens (including phenoxy) is 1. The molecule has 0 aliphatic heterocycles. The molecule has 3 nitrogen and oxygen atoms in total. The Labute approximate surface area is 93.7 Å². The lowest BCUT2D eigenvalue weighted by atomic mass is 10.1. The fourth-order valence-corrected chi connectivity index (χ4v) is 1.63. The van der Waals surface area contributed by atoms with Gasteiger partial charge in [-0.1, -0.05) is 11.6 Å². The first-order valence-electron chi connectivity index (χ1n) is 5.04. The molecule has 0 aliphatic rings. The molecule has 0 unspecified atom stereocenters. The normalized spacial score (nSPS) is 10.1. The zero-order chi connectivity index (χ0) is 11.5. The molecule has 0 atom stereocenters. The highest BCUT2D eigenvalue weighted by Crippen LogP contribution is 2.28. The van der Waals surface area contributed by atoms with Crippen LogP contribution in [-0.2, 0) is 0 Å². The van der Waals surface area contributed by atoms with Crippen LogP contribution in [0, 0.1) is 6.92 Å². The summed E-state index contributed by atoms with van der Waals surface area (Å²) in [6.07, 6.45) is 1.64. The fourth-order valence-electron chi connectivity index (χ4n) is 1.63. The van der Waals surface area contributed by atoms with Crippen molar-refractivity contribution >= 4 is 0 Å². The van der Waals surface area contributed by atoms with E-state index in [1.807, 2.05) is 25.1 Å². The molecular formula is C13H13NO2. The summed E-state index contributed by atoms with van der Waals surface area (Å²) in [6.45, 7) is 2.00. The van der Waals surface area contributed by atoms with Crippen LogP contribution in [0.4, 0.5) is 0 Å². The largest absolute Gasteiger partial charge is 0.496 e. The molecule has 0 radical (unpaired) electrons. The Morgan fingerprint density at radius 1 is 1.19 bits per heavy atom. The standard InChI is InChI=1S/C13H13NO2/c1-9-3-4-13(16-2)11(7-9)12-8-10(15)5-6-14-12/h3-8H,1-2H3,(H,14,15). The van der Waals surface area contributed by atoms with Gasteiger partial charge >= 0.3 is 0 Å². The number of H-pyrrole nitrogens is 1. The molecule has 0 amide bonds. The summed E-state index contributed by atoms with van der Waals surface area (Å²) in [4.78, 5) is 14.3. The highest BCUT2D eigenvalue weighted by Gasteiger charge is 2.06. The van der Waals surface area contributed by atoms with Crippen molar-refractivity contribution in [1.29, 1.82) is 0 Å². The van der Waals surface area contributed by atoms with Crippen LogP contribution in [0.1, 0.15) is 5.56 Å². The molecule has 0 bridgehead atoms. The fraction of sp³-hybridized carbons (Fsp3) is 0.154. The van der Waals surface area contributed by atoms with E-state index in [0.717, 1.165) is 22.6 Å². The number of nitrogens with one attached hydrogen (secondary N) is 1. The summed E-state index contributed by atoms with van der Waals surface area (Å²) >= 11 is 0. The van der Waals surface area contributed by atoms with Gasteiger partial charge in [-0.2, -0.15) is 0 Å². The maximum Gasteiger partial charge on any atom is 0.182 e. The van der Waals surface area contributed by atoms with Crippen molar-refractivity contribution in [2.45, 2.75) is 6.92 Å². The van der Waals surface area contributed by atoms with Gasteiger partial charge in [0.25, 0.3) is 0 Å². The summed E-state index contributed by atoms with van der Waals surface area (Å²) in [5, 5.41) is 0. The van der Waals surface area contributed by atoms with Crippen LogP contribution < -0.4 is 10.2 Å². The summed E-state index contributed by atoms with van der Waals surface area (Å²) in [6, 6.07) is 8.92. The SMILES string of the molecule is COc1ccc(C)cc1-c1cc(=O)cc[nH]1. The van der Waals surface area contributed by atoms with E-state index in [1.54, 1.807) is 19.4 Å². The molecule has 16 heavy (non-hydrogen) atoms. The Bertz CT molecular complexity index is 558. The quantitative estimate of drug-likeness (QED) is 0.835. The molecular weight excluding hydrogens is 202 g/mol. The van der Waals surface area contributed by atoms with Crippen LogP contribution in [0.3, 0.4) is 0 Å². The van der Waals surface area contributed by atoms with Gasteiger partial charge in [-0.15, -0.1) is 0 Å². The van der Waals surface area contributed by atoms with Crippen LogP contribution in [0.25, 0.3) is 11.3 Å². The molecule has 0 spiro atoms. The first kappa shape index (κ1) is 10.5. The van der Waals surface area contributed by atoms with Gasteiger partial charge in [0, 0.05) is 23.9 Å². The van der Waals surface area contributed by atoms with Gasteiger partial charge in [-0.3, -0.25) is 4.79 Å². The Hall–Kier alpha value is -2.03. The molecule has 0 aliphatic carbocycles. The van der Waals surface area contributed by atoms with E-state index in [9.17, 15) is 4.79 Å². The van der Waals surface area contributed by atoms with Crippen LogP contribution >= 0.6 is 0 Å². The van der Waals surface area contributed by atoms with Gasteiger partial charge in [0.05, 0.1) is 12.8 Å². The Morgan fingerprint density at radius 3 is 2.69 bits per heavy atom. The van der Waals surface area contributed by atoms with Crippen LogP contribution in [0.5, 0.6) is 5.75 Å². The minimum Gasteiger partial charge on any atom is -0.496 e. The van der Waals surface area contributed by atoms with Gasteiger partial charge < -0.3 is 9.72 Å². The summed E-state index contributed by atoms with van der Waals surface area (Å²) in [7, 11) is 1.62. The number of aryl methyl sites for hydroxylation is 1. The number of hydrogen-bond donors (Lipinski definition) is 1. The van der Waals surface area contributed by atoms with E-state index in [-0.39, 0.29) is 5.43 Å². The highest BCUT2D eigenvalue weighted by atomic mass is 16.5. The second-order valence-electron chi connectivity index (χ2n) is 3.64. The predicted octanol–water partition coefficient (Wildman–Crippen LogP) is 2.36. The van der Waals surface area contributed by atoms with Crippen molar-refractivity contribution in [3.63, 3.8) is 0 Å². The first-order valence-corrected chi connectivity index (χ1v) is 5.04. The number of benzene rings is 1. The maximum absolute atomic E-state index is 11.3. The first-order chi connectivity index (χ1) is 7.70. The van der Waals surface area contributed by atoms with E-state index >= 15 is 0 Å². The average Bonchev–Trinajstić information content (AvgIpc) is 2.29. The third-order valence-corrected chi connectivity index (χ3v) is 2.42. The average molecular weight is 215 g/mol. The number of rotatable bonds is 2. The lowest BCUT2D eigenvalue weighted by Gasteiger charge is -2.09. The maximum atomic E-state index is 11.3. The molecule has 82 valence electrons. The minimum atomic E-state index is -0.0164. The monoisotopic (exact) mass is 215 g/mol. The number of pyridine rings is 1. The van der Waals surface area contributed by atoms with E-state index in [4.69, 9.17) is 4.74 Å². The van der Waals surface area contributed by atoms with Crippen LogP contribution in [-0.4, -0.2) is 12.1 Å². The molecule has 2 aromatic rings. The molecule has 1 aromatic carbocycles. The Kier molecular flexibility index (Phi) is 2.77. The lowest BCUT2D eigenvalue weighted by Crippen LogP contribution is -1.99. The Balaban J connectivity index is 2.62.